The minimum atomic E-state index is -0.638. The first kappa shape index (κ1) is 38.7. The van der Waals surface area contributed by atoms with Gasteiger partial charge in [0, 0.05) is 0 Å². The summed E-state index contributed by atoms with van der Waals surface area (Å²) in [5.74, 6) is -0.615. The van der Waals surface area contributed by atoms with Crippen molar-refractivity contribution in [1.82, 2.24) is 19.9 Å². The van der Waals surface area contributed by atoms with Gasteiger partial charge in [-0.3, -0.25) is 0 Å². The maximum absolute atomic E-state index is 12.6. The predicted molar refractivity (Wildman–Crippen MR) is 247 cm³/mol. The third-order valence-corrected chi connectivity index (χ3v) is 19.2. The van der Waals surface area contributed by atoms with E-state index in [1.165, 1.54) is 39.5 Å². The van der Waals surface area contributed by atoms with Crippen LogP contribution in [0.5, 0.6) is 0 Å². The van der Waals surface area contributed by atoms with E-state index >= 15 is 0 Å². The van der Waals surface area contributed by atoms with Crippen molar-refractivity contribution in [3.8, 4) is 0 Å². The SMILES string of the molecule is O=C1/C(=C\C2=CC3=C(C=C(N4c5cccnc5[Te]c5ncccc54)C3)C2)C(=O)c2sccc21.O=C1/C(=C\C2=CC=C(N3c4cccnc4[Te]c4ncccc43)C2)C(=O)c2sccc21. The summed E-state index contributed by atoms with van der Waals surface area (Å²) in [6, 6.07) is 19.9. The zero-order valence-corrected chi connectivity index (χ0v) is 39.1. The third-order valence-electron chi connectivity index (χ3n) is 11.6. The van der Waals surface area contributed by atoms with E-state index in [0.717, 1.165) is 67.4 Å². The van der Waals surface area contributed by atoms with Gasteiger partial charge in [0.1, 0.15) is 0 Å². The van der Waals surface area contributed by atoms with Crippen LogP contribution in [0.15, 0.2) is 177 Å². The molecule has 63 heavy (non-hydrogen) atoms. The van der Waals surface area contributed by atoms with E-state index < -0.39 is 41.8 Å². The van der Waals surface area contributed by atoms with Crippen LogP contribution < -0.4 is 24.8 Å². The standard InChI is InChI=1S/C26H15N3O2STe.C23H13N3O2STe/c30-22-18-5-8-32-24(18)23(31)19(22)11-14-9-15-12-17(13-16(15)10-14)29-20-3-1-6-27-25(20)33-26-21(29)4-2-7-28-26;27-19-15-7-10-29-21(15)20(28)16(19)12-13-5-6-14(11-13)26-17-3-1-8-24-22(17)30-23-18(26)4-2-9-25-23/h1-9,11,13H,10,12H2;1-10,12H,11H2/b19-11+;16-12+. The van der Waals surface area contributed by atoms with Crippen molar-refractivity contribution in [3.05, 3.63) is 198 Å². The van der Waals surface area contributed by atoms with Crippen molar-refractivity contribution in [2.45, 2.75) is 19.3 Å². The van der Waals surface area contributed by atoms with Gasteiger partial charge in [0.15, 0.2) is 0 Å². The molecule has 8 heterocycles. The predicted octanol–water partition coefficient (Wildman–Crippen LogP) is 6.43. The van der Waals surface area contributed by atoms with E-state index in [0.29, 0.717) is 32.9 Å². The van der Waals surface area contributed by atoms with Crippen molar-refractivity contribution in [2.75, 3.05) is 9.80 Å². The molecule has 0 saturated carbocycles. The van der Waals surface area contributed by atoms with E-state index in [2.05, 4.69) is 72.2 Å². The molecule has 0 spiro atoms. The topological polar surface area (TPSA) is 126 Å². The van der Waals surface area contributed by atoms with Gasteiger partial charge in [0.25, 0.3) is 0 Å². The molecule has 10 nitrogen and oxygen atoms in total. The summed E-state index contributed by atoms with van der Waals surface area (Å²) in [5, 5.41) is 3.60. The van der Waals surface area contributed by atoms with Gasteiger partial charge >= 0.3 is 369 Å². The summed E-state index contributed by atoms with van der Waals surface area (Å²) in [7, 11) is 0. The number of anilines is 4. The number of hydrogen-bond donors (Lipinski definition) is 0. The minimum absolute atomic E-state index is 0.139. The molecule has 7 aliphatic rings. The van der Waals surface area contributed by atoms with Crippen molar-refractivity contribution in [3.63, 3.8) is 0 Å². The molecule has 302 valence electrons. The number of allylic oxidation sites excluding steroid dienone is 12. The average Bonchev–Trinajstić information content (AvgIpc) is 4.19. The van der Waals surface area contributed by atoms with Gasteiger partial charge in [0.2, 0.25) is 0 Å². The monoisotopic (exact) mass is 1090 g/mol. The molecule has 0 amide bonds. The summed E-state index contributed by atoms with van der Waals surface area (Å²) in [6.45, 7) is 0. The summed E-state index contributed by atoms with van der Waals surface area (Å²) >= 11 is 1.42. The number of rotatable bonds is 4. The zero-order chi connectivity index (χ0) is 42.3. The van der Waals surface area contributed by atoms with E-state index in [9.17, 15) is 19.2 Å². The van der Waals surface area contributed by atoms with E-state index in [1.807, 2.05) is 55.1 Å². The number of hydrogen-bond acceptors (Lipinski definition) is 12. The van der Waals surface area contributed by atoms with Crippen molar-refractivity contribution in [1.29, 1.82) is 0 Å². The van der Waals surface area contributed by atoms with Gasteiger partial charge in [-0.05, 0) is 11.4 Å². The zero-order valence-electron chi connectivity index (χ0n) is 32.8. The fraction of sp³-hybridized carbons (Fsp3) is 0.0612. The number of carbonyl (C=O) groups is 4. The molecular formula is C49H28N6O4S2Te2. The molecule has 14 heteroatoms. The first-order chi connectivity index (χ1) is 30.9. The first-order valence-corrected chi connectivity index (χ1v) is 26.4. The summed E-state index contributed by atoms with van der Waals surface area (Å²) in [5.41, 5.74) is 13.0. The fourth-order valence-corrected chi connectivity index (χ4v) is 15.8. The Balaban J connectivity index is 0.000000134. The average molecular weight is 1080 g/mol. The van der Waals surface area contributed by atoms with Gasteiger partial charge in [-0.1, -0.05) is 0 Å². The fourth-order valence-electron chi connectivity index (χ4n) is 8.76. The number of ketones is 4. The molecule has 6 aromatic heterocycles. The van der Waals surface area contributed by atoms with Crippen LogP contribution in [0.3, 0.4) is 0 Å². The van der Waals surface area contributed by atoms with Crippen LogP contribution in [0.2, 0.25) is 0 Å². The Hall–Kier alpha value is -5.96. The van der Waals surface area contributed by atoms with Crippen LogP contribution >= 0.6 is 22.7 Å². The van der Waals surface area contributed by atoms with E-state index in [4.69, 9.17) is 0 Å². The second-order valence-electron chi connectivity index (χ2n) is 15.3. The van der Waals surface area contributed by atoms with Crippen LogP contribution in [-0.4, -0.2) is 84.9 Å². The molecule has 0 unspecified atom stereocenters. The molecule has 0 N–H and O–H groups in total. The number of Topliss-reactive ketones (excluding diaryl/α,β-unsaturated/α-hetero) is 4. The number of fused-ring (bicyclic) bond motifs is 6. The molecule has 13 rings (SSSR count). The van der Waals surface area contributed by atoms with Gasteiger partial charge in [0.05, 0.1) is 0 Å². The number of nitrogens with zero attached hydrogens (tertiary/aromatic N) is 6. The van der Waals surface area contributed by atoms with Crippen molar-refractivity contribution < 1.29 is 19.2 Å². The Kier molecular flexibility index (Phi) is 9.45. The summed E-state index contributed by atoms with van der Waals surface area (Å²) < 4.78 is 4.56. The molecule has 5 aliphatic carbocycles. The normalized spacial score (nSPS) is 18.9. The number of carbonyl (C=O) groups excluding carboxylic acids is 4. The summed E-state index contributed by atoms with van der Waals surface area (Å²) in [4.78, 5) is 74.7. The first-order valence-electron chi connectivity index (χ1n) is 19.9. The second-order valence-corrected chi connectivity index (χ2v) is 22.7. The molecule has 0 bridgehead atoms. The van der Waals surface area contributed by atoms with Crippen LogP contribution in [0.1, 0.15) is 59.3 Å². The quantitative estimate of drug-likeness (QED) is 0.111. The molecule has 0 saturated heterocycles. The third kappa shape index (κ3) is 6.47. The number of aromatic nitrogens is 4. The Morgan fingerprint density at radius 2 is 0.952 bits per heavy atom. The van der Waals surface area contributed by atoms with Gasteiger partial charge in [-0.15, -0.1) is 11.3 Å². The van der Waals surface area contributed by atoms with E-state index in [-0.39, 0.29) is 28.7 Å². The molecule has 0 atom stereocenters. The number of thiophene rings is 2. The molecule has 6 aromatic rings. The molecule has 0 aromatic carbocycles. The van der Waals surface area contributed by atoms with E-state index in [1.54, 1.807) is 35.0 Å². The molecule has 2 aliphatic heterocycles. The van der Waals surface area contributed by atoms with Gasteiger partial charge < -0.3 is 0 Å². The summed E-state index contributed by atoms with van der Waals surface area (Å²) in [6.07, 6.45) is 21.6. The molecule has 0 fully saturated rings. The molecule has 0 radical (unpaired) electrons. The van der Waals surface area contributed by atoms with Crippen LogP contribution in [-0.2, 0) is 0 Å². The Bertz CT molecular complexity index is 3180. The van der Waals surface area contributed by atoms with Crippen molar-refractivity contribution >= 4 is 125 Å². The Labute approximate surface area is 388 Å². The van der Waals surface area contributed by atoms with Crippen LogP contribution in [0.25, 0.3) is 0 Å². The second kappa shape index (κ2) is 15.4. The maximum atomic E-state index is 12.6. The number of pyridine rings is 4. The van der Waals surface area contributed by atoms with Crippen LogP contribution in [0, 0.1) is 0 Å². The van der Waals surface area contributed by atoms with Crippen LogP contribution in [0.4, 0.5) is 22.7 Å². The molecular weight excluding hydrogens is 1060 g/mol. The van der Waals surface area contributed by atoms with Gasteiger partial charge in [-0.25, -0.2) is 0 Å². The Morgan fingerprint density at radius 1 is 0.492 bits per heavy atom. The Morgan fingerprint density at radius 3 is 1.43 bits per heavy atom. The van der Waals surface area contributed by atoms with Crippen molar-refractivity contribution in [2.24, 2.45) is 0 Å². The van der Waals surface area contributed by atoms with Gasteiger partial charge in [-0.2, -0.15) is 0 Å².